The van der Waals surface area contributed by atoms with Crippen molar-refractivity contribution in [1.82, 2.24) is 0 Å². The van der Waals surface area contributed by atoms with E-state index in [4.69, 9.17) is 11.6 Å². The minimum Gasteiger partial charge on any atom is -0.350 e. The average molecular weight is 417 g/mol. The molecule has 0 aliphatic carbocycles. The molecule has 0 saturated heterocycles. The number of imide groups is 1. The second-order valence-corrected chi connectivity index (χ2v) is 7.92. The van der Waals surface area contributed by atoms with Gasteiger partial charge in [-0.05, 0) is 62.2 Å². The molecule has 1 aliphatic heterocycles. The van der Waals surface area contributed by atoms with Crippen LogP contribution in [0.3, 0.4) is 0 Å². The summed E-state index contributed by atoms with van der Waals surface area (Å²) in [6.45, 7) is 5.84. The van der Waals surface area contributed by atoms with E-state index in [1.807, 2.05) is 69.3 Å². The van der Waals surface area contributed by atoms with E-state index in [1.54, 1.807) is 18.2 Å². The third kappa shape index (κ3) is 3.62. The fourth-order valence-corrected chi connectivity index (χ4v) is 3.69. The van der Waals surface area contributed by atoms with Gasteiger partial charge in [-0.1, -0.05) is 59.1 Å². The molecule has 5 heteroatoms. The number of nitrogens with zero attached hydrogens (tertiary/aromatic N) is 1. The van der Waals surface area contributed by atoms with E-state index >= 15 is 0 Å². The molecule has 3 aromatic rings. The Bertz CT molecular complexity index is 1180. The van der Waals surface area contributed by atoms with Crippen molar-refractivity contribution in [3.63, 3.8) is 0 Å². The molecule has 0 radical (unpaired) electrons. The van der Waals surface area contributed by atoms with E-state index in [-0.39, 0.29) is 17.5 Å². The number of hydrogen-bond donors (Lipinski definition) is 1. The summed E-state index contributed by atoms with van der Waals surface area (Å²) in [4.78, 5) is 28.0. The maximum Gasteiger partial charge on any atom is 0.282 e. The van der Waals surface area contributed by atoms with Crippen LogP contribution in [0.5, 0.6) is 0 Å². The van der Waals surface area contributed by atoms with Crippen molar-refractivity contribution in [3.8, 4) is 0 Å². The monoisotopic (exact) mass is 416 g/mol. The van der Waals surface area contributed by atoms with Gasteiger partial charge in [0.2, 0.25) is 0 Å². The normalized spacial score (nSPS) is 13.9. The van der Waals surface area contributed by atoms with Gasteiger partial charge in [0.05, 0.1) is 11.3 Å². The van der Waals surface area contributed by atoms with Crippen LogP contribution in [0.1, 0.15) is 22.3 Å². The van der Waals surface area contributed by atoms with Crippen LogP contribution < -0.4 is 10.2 Å². The second kappa shape index (κ2) is 7.81. The van der Waals surface area contributed by atoms with E-state index in [0.29, 0.717) is 21.8 Å². The lowest BCUT2D eigenvalue weighted by Gasteiger charge is -2.16. The first kappa shape index (κ1) is 19.9. The van der Waals surface area contributed by atoms with Gasteiger partial charge in [0.1, 0.15) is 5.70 Å². The number of halogens is 1. The third-order valence-corrected chi connectivity index (χ3v) is 5.40. The van der Waals surface area contributed by atoms with Gasteiger partial charge in [0.25, 0.3) is 11.8 Å². The van der Waals surface area contributed by atoms with Crippen LogP contribution in [0.4, 0.5) is 11.4 Å². The maximum atomic E-state index is 13.4. The number of carbonyl (C=O) groups excluding carboxylic acids is 2. The van der Waals surface area contributed by atoms with Crippen LogP contribution in [-0.4, -0.2) is 11.8 Å². The SMILES string of the molecule is Cc1ccc(C2=C(Nc3ccc(Cl)cc3C)C(=O)N(c3ccc(C)cc3)C2=O)cc1. The van der Waals surface area contributed by atoms with Gasteiger partial charge >= 0.3 is 0 Å². The van der Waals surface area contributed by atoms with Crippen LogP contribution in [0.25, 0.3) is 5.57 Å². The molecule has 2 amide bonds. The summed E-state index contributed by atoms with van der Waals surface area (Å²) in [6.07, 6.45) is 0. The quantitative estimate of drug-likeness (QED) is 0.558. The summed E-state index contributed by atoms with van der Waals surface area (Å²) in [6, 6.07) is 20.3. The molecular weight excluding hydrogens is 396 g/mol. The highest BCUT2D eigenvalue weighted by Crippen LogP contribution is 2.34. The number of rotatable bonds is 4. The number of hydrogen-bond acceptors (Lipinski definition) is 3. The summed E-state index contributed by atoms with van der Waals surface area (Å²) in [5, 5.41) is 3.81. The molecule has 4 rings (SSSR count). The molecule has 0 aromatic heterocycles. The van der Waals surface area contributed by atoms with Crippen molar-refractivity contribution in [2.24, 2.45) is 0 Å². The number of aryl methyl sites for hydroxylation is 3. The van der Waals surface area contributed by atoms with Gasteiger partial charge < -0.3 is 5.32 Å². The Balaban J connectivity index is 1.83. The zero-order valence-corrected chi connectivity index (χ0v) is 17.7. The first-order valence-electron chi connectivity index (χ1n) is 9.65. The largest absolute Gasteiger partial charge is 0.350 e. The summed E-state index contributed by atoms with van der Waals surface area (Å²) in [5.74, 6) is -0.726. The van der Waals surface area contributed by atoms with E-state index in [0.717, 1.165) is 22.4 Å². The molecule has 150 valence electrons. The summed E-state index contributed by atoms with van der Waals surface area (Å²) in [7, 11) is 0. The zero-order chi connectivity index (χ0) is 21.4. The predicted octanol–water partition coefficient (Wildman–Crippen LogP) is 5.66. The van der Waals surface area contributed by atoms with Crippen LogP contribution in [0.2, 0.25) is 5.02 Å². The Hall–Kier alpha value is -3.37. The van der Waals surface area contributed by atoms with Gasteiger partial charge in [0, 0.05) is 10.7 Å². The Kier molecular flexibility index (Phi) is 5.18. The minimum atomic E-state index is -0.381. The number of carbonyl (C=O) groups is 2. The predicted molar refractivity (Wildman–Crippen MR) is 122 cm³/mol. The van der Waals surface area contributed by atoms with Crippen molar-refractivity contribution in [3.05, 3.63) is 99.7 Å². The topological polar surface area (TPSA) is 49.4 Å². The minimum absolute atomic E-state index is 0.259. The van der Waals surface area contributed by atoms with Gasteiger partial charge in [-0.15, -0.1) is 0 Å². The highest BCUT2D eigenvalue weighted by Gasteiger charge is 2.40. The smallest absolute Gasteiger partial charge is 0.282 e. The Morgan fingerprint density at radius 1 is 0.767 bits per heavy atom. The Morgan fingerprint density at radius 2 is 1.37 bits per heavy atom. The van der Waals surface area contributed by atoms with Crippen LogP contribution in [0.15, 0.2) is 72.4 Å². The summed E-state index contributed by atoms with van der Waals surface area (Å²) >= 11 is 6.07. The van der Waals surface area contributed by atoms with Gasteiger partial charge in [-0.25, -0.2) is 4.90 Å². The molecule has 0 fully saturated rings. The number of benzene rings is 3. The van der Waals surface area contributed by atoms with Crippen molar-refractivity contribution in [2.75, 3.05) is 10.2 Å². The summed E-state index contributed by atoms with van der Waals surface area (Å²) in [5.41, 5.74) is 5.60. The lowest BCUT2D eigenvalue weighted by atomic mass is 10.0. The molecule has 1 heterocycles. The third-order valence-electron chi connectivity index (χ3n) is 5.16. The highest BCUT2D eigenvalue weighted by molar-refractivity contribution is 6.46. The van der Waals surface area contributed by atoms with Crippen molar-refractivity contribution >= 4 is 40.4 Å². The molecule has 1 N–H and O–H groups in total. The second-order valence-electron chi connectivity index (χ2n) is 7.48. The number of nitrogens with one attached hydrogen (secondary N) is 1. The van der Waals surface area contributed by atoms with Crippen molar-refractivity contribution in [1.29, 1.82) is 0 Å². The molecule has 0 spiro atoms. The van der Waals surface area contributed by atoms with E-state index in [9.17, 15) is 9.59 Å². The lowest BCUT2D eigenvalue weighted by molar-refractivity contribution is -0.120. The number of amides is 2. The van der Waals surface area contributed by atoms with Crippen LogP contribution in [-0.2, 0) is 9.59 Å². The van der Waals surface area contributed by atoms with Gasteiger partial charge in [-0.3, -0.25) is 9.59 Å². The van der Waals surface area contributed by atoms with Gasteiger partial charge in [0.15, 0.2) is 0 Å². The molecule has 0 unspecified atom stereocenters. The van der Waals surface area contributed by atoms with Crippen LogP contribution >= 0.6 is 11.6 Å². The fraction of sp³-hybridized carbons (Fsp3) is 0.120. The van der Waals surface area contributed by atoms with Crippen molar-refractivity contribution in [2.45, 2.75) is 20.8 Å². The standard InChI is InChI=1S/C25H21ClN2O2/c1-15-4-8-18(9-5-15)22-23(27-21-13-10-19(26)14-17(21)3)25(30)28(24(22)29)20-11-6-16(2)7-12-20/h4-14,27H,1-3H3. The lowest BCUT2D eigenvalue weighted by Crippen LogP contribution is -2.32. The Morgan fingerprint density at radius 3 is 1.97 bits per heavy atom. The molecule has 3 aromatic carbocycles. The Labute approximate surface area is 180 Å². The van der Waals surface area contributed by atoms with E-state index in [2.05, 4.69) is 5.32 Å². The molecular formula is C25H21ClN2O2. The molecule has 1 aliphatic rings. The first-order valence-corrected chi connectivity index (χ1v) is 10.0. The molecule has 4 nitrogen and oxygen atoms in total. The first-order chi connectivity index (χ1) is 14.3. The fourth-order valence-electron chi connectivity index (χ4n) is 3.46. The van der Waals surface area contributed by atoms with Crippen molar-refractivity contribution < 1.29 is 9.59 Å². The van der Waals surface area contributed by atoms with E-state index < -0.39 is 0 Å². The molecule has 30 heavy (non-hydrogen) atoms. The highest BCUT2D eigenvalue weighted by atomic mass is 35.5. The van der Waals surface area contributed by atoms with E-state index in [1.165, 1.54) is 4.90 Å². The molecule has 0 bridgehead atoms. The zero-order valence-electron chi connectivity index (χ0n) is 17.0. The van der Waals surface area contributed by atoms with Crippen LogP contribution in [0, 0.1) is 20.8 Å². The molecule has 0 saturated carbocycles. The van der Waals surface area contributed by atoms with Gasteiger partial charge in [-0.2, -0.15) is 0 Å². The maximum absolute atomic E-state index is 13.4. The summed E-state index contributed by atoms with van der Waals surface area (Å²) < 4.78 is 0. The molecule has 0 atom stereocenters. The number of anilines is 2. The average Bonchev–Trinajstić information content (AvgIpc) is 2.95.